The van der Waals surface area contributed by atoms with E-state index in [4.69, 9.17) is 8.37 Å². The van der Waals surface area contributed by atoms with Crippen LogP contribution in [-0.4, -0.2) is 28.3 Å². The van der Waals surface area contributed by atoms with Crippen molar-refractivity contribution >= 4 is 32.4 Å². The van der Waals surface area contributed by atoms with E-state index in [0.29, 0.717) is 24.0 Å². The number of rotatable bonds is 12. The van der Waals surface area contributed by atoms with Gasteiger partial charge >= 0.3 is 20.2 Å². The van der Waals surface area contributed by atoms with Crippen LogP contribution in [0.3, 0.4) is 0 Å². The fourth-order valence-corrected chi connectivity index (χ4v) is 8.23. The Kier molecular flexibility index (Phi) is 9.37. The van der Waals surface area contributed by atoms with Crippen LogP contribution in [0.5, 0.6) is 11.5 Å². The highest BCUT2D eigenvalue weighted by molar-refractivity contribution is 7.87. The first kappa shape index (κ1) is 32.3. The quantitative estimate of drug-likeness (QED) is 0.127. The summed E-state index contributed by atoms with van der Waals surface area (Å²) in [5.74, 6) is 0.370. The van der Waals surface area contributed by atoms with Gasteiger partial charge in [-0.2, -0.15) is 16.8 Å². The number of fused-ring (bicyclic) bond motifs is 3. The van der Waals surface area contributed by atoms with Crippen LogP contribution in [0.2, 0.25) is 0 Å². The van der Waals surface area contributed by atoms with E-state index in [1.165, 1.54) is 0 Å². The first-order valence-electron chi connectivity index (χ1n) is 15.2. The van der Waals surface area contributed by atoms with E-state index in [1.54, 1.807) is 26.0 Å². The molecule has 0 aliphatic heterocycles. The molecule has 0 atom stereocenters. The summed E-state index contributed by atoms with van der Waals surface area (Å²) in [6.07, 6.45) is 8.31. The first-order valence-corrected chi connectivity index (χ1v) is 18.3. The average molecular weight is 643 g/mol. The molecule has 0 bridgehead atoms. The van der Waals surface area contributed by atoms with Crippen LogP contribution in [-0.2, 0) is 25.7 Å². The van der Waals surface area contributed by atoms with Crippen LogP contribution in [0, 0.1) is 0 Å². The Bertz CT molecular complexity index is 1840. The van der Waals surface area contributed by atoms with E-state index >= 15 is 0 Å². The predicted octanol–water partition coefficient (Wildman–Crippen LogP) is 8.35. The molecule has 0 saturated carbocycles. The predicted molar refractivity (Wildman–Crippen MR) is 183 cm³/mol. The van der Waals surface area contributed by atoms with Gasteiger partial charge in [0.2, 0.25) is 0 Å². The lowest BCUT2D eigenvalue weighted by Crippen LogP contribution is -2.29. The molecule has 8 heteroatoms. The van der Waals surface area contributed by atoms with Crippen LogP contribution >= 0.6 is 0 Å². The van der Waals surface area contributed by atoms with Crippen molar-refractivity contribution in [3.63, 3.8) is 0 Å². The van der Waals surface area contributed by atoms with Crippen molar-refractivity contribution in [2.24, 2.45) is 0 Å². The van der Waals surface area contributed by atoms with E-state index < -0.39 is 25.7 Å². The van der Waals surface area contributed by atoms with Crippen molar-refractivity contribution in [3.8, 4) is 22.6 Å². The van der Waals surface area contributed by atoms with Gasteiger partial charge < -0.3 is 8.37 Å². The maximum Gasteiger partial charge on any atom is 0.309 e. The Morgan fingerprint density at radius 2 is 1.00 bits per heavy atom. The Morgan fingerprint density at radius 3 is 1.38 bits per heavy atom. The zero-order valence-corrected chi connectivity index (χ0v) is 27.6. The molecule has 1 aliphatic carbocycles. The summed E-state index contributed by atoms with van der Waals surface area (Å²) >= 11 is 0. The maximum atomic E-state index is 12.7. The first-order chi connectivity index (χ1) is 21.6. The van der Waals surface area contributed by atoms with Crippen LogP contribution in [0.1, 0.15) is 73.9 Å². The Labute approximate surface area is 267 Å². The summed E-state index contributed by atoms with van der Waals surface area (Å²) < 4.78 is 61.9. The fourth-order valence-electron chi connectivity index (χ4n) is 6.22. The molecule has 234 valence electrons. The molecule has 0 unspecified atom stereocenters. The third-order valence-corrected chi connectivity index (χ3v) is 10.6. The lowest BCUT2D eigenvalue weighted by molar-refractivity contribution is 0.482. The molecule has 0 N–H and O–H groups in total. The fraction of sp³-hybridized carbons (Fsp3) is 0.243. The number of benzene rings is 4. The second kappa shape index (κ2) is 13.1. The van der Waals surface area contributed by atoms with Crippen molar-refractivity contribution < 1.29 is 25.2 Å². The monoisotopic (exact) mass is 642 g/mol. The third-order valence-electron chi connectivity index (χ3n) is 7.87. The number of hydrogen-bond acceptors (Lipinski definition) is 6. The maximum absolute atomic E-state index is 12.7. The van der Waals surface area contributed by atoms with E-state index in [-0.39, 0.29) is 23.0 Å². The minimum Gasteiger partial charge on any atom is -0.382 e. The molecule has 0 aromatic heterocycles. The minimum atomic E-state index is -3.76. The van der Waals surface area contributed by atoms with Gasteiger partial charge in [0.15, 0.2) is 0 Å². The molecule has 0 spiro atoms. The third kappa shape index (κ3) is 6.22. The highest BCUT2D eigenvalue weighted by Crippen LogP contribution is 2.56. The second-order valence-electron chi connectivity index (χ2n) is 11.0. The van der Waals surface area contributed by atoms with Gasteiger partial charge in [0.05, 0.1) is 16.9 Å². The van der Waals surface area contributed by atoms with Gasteiger partial charge in [-0.15, -0.1) is 0 Å². The minimum absolute atomic E-state index is 0.0785. The van der Waals surface area contributed by atoms with Gasteiger partial charge in [-0.1, -0.05) is 98.8 Å². The van der Waals surface area contributed by atoms with Crippen molar-refractivity contribution in [1.82, 2.24) is 0 Å². The molecule has 5 rings (SSSR count). The molecule has 6 nitrogen and oxygen atoms in total. The van der Waals surface area contributed by atoms with E-state index in [0.717, 1.165) is 33.4 Å². The van der Waals surface area contributed by atoms with Crippen LogP contribution < -0.4 is 8.37 Å². The summed E-state index contributed by atoms with van der Waals surface area (Å²) in [5, 5.41) is 0. The van der Waals surface area contributed by atoms with Gasteiger partial charge in [-0.25, -0.2) is 0 Å². The van der Waals surface area contributed by atoms with Crippen molar-refractivity contribution in [1.29, 1.82) is 0 Å². The van der Waals surface area contributed by atoms with Crippen molar-refractivity contribution in [3.05, 3.63) is 130 Å². The largest absolute Gasteiger partial charge is 0.382 e. The number of allylic oxidation sites excluding steroid dienone is 2. The topological polar surface area (TPSA) is 86.7 Å². The molecule has 0 saturated heterocycles. The molecule has 4 aromatic rings. The van der Waals surface area contributed by atoms with E-state index in [9.17, 15) is 16.8 Å². The standard InChI is InChI=1S/C37H38O6S2/c1-5-13-27-25-29(19-21-35(27)42-44(38,39)23-7-3)37(33-17-11-9-15-31(33)32-16-10-12-18-34(32)37)30-20-22-36(28(26-30)14-6-2)43-45(40,41)24-8-4/h5-6,9-22,25-26H,7-8,23-24H2,1-4H3. The van der Waals surface area contributed by atoms with Crippen molar-refractivity contribution in [2.75, 3.05) is 11.5 Å². The summed E-state index contributed by atoms with van der Waals surface area (Å²) in [4.78, 5) is 0. The normalized spacial score (nSPS) is 14.0. The molecule has 1 aliphatic rings. The zero-order chi connectivity index (χ0) is 32.2. The lowest BCUT2D eigenvalue weighted by atomic mass is 9.67. The summed E-state index contributed by atoms with van der Waals surface area (Å²) in [7, 11) is -7.53. The van der Waals surface area contributed by atoms with Gasteiger partial charge in [0.1, 0.15) is 11.5 Å². The van der Waals surface area contributed by atoms with Crippen molar-refractivity contribution in [2.45, 2.75) is 46.0 Å². The summed E-state index contributed by atoms with van der Waals surface area (Å²) in [6, 6.07) is 27.8. The molecule has 0 fully saturated rings. The molecule has 4 aromatic carbocycles. The highest BCUT2D eigenvalue weighted by Gasteiger charge is 2.46. The van der Waals surface area contributed by atoms with Gasteiger partial charge in [-0.05, 0) is 84.3 Å². The van der Waals surface area contributed by atoms with Gasteiger partial charge in [0, 0.05) is 11.1 Å². The SMILES string of the molecule is CC=Cc1cc(C2(c3ccc(OS(=O)(=O)CCC)c(C=CC)c3)c3ccccc3-c3ccccc32)ccc1OS(=O)(=O)CCC. The Morgan fingerprint density at radius 1 is 0.600 bits per heavy atom. The molecule has 45 heavy (non-hydrogen) atoms. The molecule has 0 radical (unpaired) electrons. The number of hydrogen-bond donors (Lipinski definition) is 0. The Balaban J connectivity index is 1.82. The van der Waals surface area contributed by atoms with E-state index in [2.05, 4.69) is 24.3 Å². The average Bonchev–Trinajstić information content (AvgIpc) is 3.30. The van der Waals surface area contributed by atoms with E-state index in [1.807, 2.05) is 86.7 Å². The zero-order valence-electron chi connectivity index (χ0n) is 26.0. The van der Waals surface area contributed by atoms with Gasteiger partial charge in [-0.3, -0.25) is 0 Å². The summed E-state index contributed by atoms with van der Waals surface area (Å²) in [5.41, 5.74) is 6.56. The summed E-state index contributed by atoms with van der Waals surface area (Å²) in [6.45, 7) is 7.35. The molecular weight excluding hydrogens is 605 g/mol. The second-order valence-corrected chi connectivity index (χ2v) is 14.4. The lowest BCUT2D eigenvalue weighted by Gasteiger charge is -2.34. The molecule has 0 heterocycles. The van der Waals surface area contributed by atoms with Crippen LogP contribution in [0.4, 0.5) is 0 Å². The van der Waals surface area contributed by atoms with Gasteiger partial charge in [0.25, 0.3) is 0 Å². The molecule has 0 amide bonds. The van der Waals surface area contributed by atoms with Crippen LogP contribution in [0.15, 0.2) is 97.1 Å². The molecular formula is C37H38O6S2. The Hall–Kier alpha value is -4.14. The van der Waals surface area contributed by atoms with Crippen LogP contribution in [0.25, 0.3) is 23.3 Å². The smallest absolute Gasteiger partial charge is 0.309 e. The highest BCUT2D eigenvalue weighted by atomic mass is 32.2.